The van der Waals surface area contributed by atoms with Crippen molar-refractivity contribution in [1.29, 1.82) is 0 Å². The molecule has 0 bridgehead atoms. The highest BCUT2D eigenvalue weighted by molar-refractivity contribution is 6.63. The maximum atomic E-state index is 11.4. The molecule has 0 saturated carbocycles. The average molecular weight is 369 g/mol. The molecule has 28 heavy (non-hydrogen) atoms. The fourth-order valence-corrected chi connectivity index (χ4v) is 2.50. The summed E-state index contributed by atoms with van der Waals surface area (Å²) in [5.74, 6) is -1.02. The molecule has 0 radical (unpaired) electrons. The Balaban J connectivity index is 2.01. The molecule has 0 aromatic heterocycles. The molecule has 3 rings (SSSR count). The number of carboxylic acids is 1. The van der Waals surface area contributed by atoms with E-state index in [1.54, 1.807) is 24.4 Å². The first-order valence-corrected chi connectivity index (χ1v) is 8.74. The van der Waals surface area contributed by atoms with Gasteiger partial charge in [0, 0.05) is 0 Å². The predicted molar refractivity (Wildman–Crippen MR) is 114 cm³/mol. The molecule has 138 valence electrons. The maximum absolute atomic E-state index is 11.4. The van der Waals surface area contributed by atoms with Crippen LogP contribution in [0.5, 0.6) is 0 Å². The first-order chi connectivity index (χ1) is 13.6. The van der Waals surface area contributed by atoms with E-state index in [0.717, 1.165) is 11.4 Å². The second-order valence-corrected chi connectivity index (χ2v) is 5.95. The number of carbonyl (C=O) groups is 1. The molecular formula is C23H19N3O2. The minimum absolute atomic E-state index is 0.135. The number of aliphatic imine (C=N–C) groups is 3. The highest BCUT2D eigenvalue weighted by atomic mass is 16.4. The molecule has 0 spiro atoms. The summed E-state index contributed by atoms with van der Waals surface area (Å²) < 4.78 is 0. The third-order valence-electron chi connectivity index (χ3n) is 3.89. The van der Waals surface area contributed by atoms with E-state index in [-0.39, 0.29) is 5.56 Å². The largest absolute Gasteiger partial charge is 0.478 e. The van der Waals surface area contributed by atoms with E-state index in [9.17, 15) is 9.90 Å². The van der Waals surface area contributed by atoms with Gasteiger partial charge in [-0.15, -0.1) is 0 Å². The average Bonchev–Trinajstić information content (AvgIpc) is 2.72. The monoisotopic (exact) mass is 369 g/mol. The highest BCUT2D eigenvalue weighted by Crippen LogP contribution is 2.19. The van der Waals surface area contributed by atoms with Crippen LogP contribution in [0.25, 0.3) is 0 Å². The summed E-state index contributed by atoms with van der Waals surface area (Å²) in [7, 11) is 0. The predicted octanol–water partition coefficient (Wildman–Crippen LogP) is 5.65. The van der Waals surface area contributed by atoms with Gasteiger partial charge in [-0.25, -0.2) is 9.79 Å². The molecule has 0 unspecified atom stereocenters. The van der Waals surface area contributed by atoms with Crippen molar-refractivity contribution in [2.75, 3.05) is 0 Å². The van der Waals surface area contributed by atoms with Gasteiger partial charge < -0.3 is 5.11 Å². The van der Waals surface area contributed by atoms with Crippen LogP contribution in [0.3, 0.4) is 0 Å². The van der Waals surface area contributed by atoms with Crippen molar-refractivity contribution in [3.8, 4) is 0 Å². The van der Waals surface area contributed by atoms with Gasteiger partial charge in [-0.1, -0.05) is 48.5 Å². The van der Waals surface area contributed by atoms with Gasteiger partial charge in [0.2, 0.25) is 0 Å². The van der Waals surface area contributed by atoms with Crippen LogP contribution in [0.15, 0.2) is 99.9 Å². The number of rotatable bonds is 6. The van der Waals surface area contributed by atoms with Crippen LogP contribution in [-0.2, 0) is 0 Å². The van der Waals surface area contributed by atoms with E-state index in [4.69, 9.17) is 0 Å². The van der Waals surface area contributed by atoms with E-state index in [1.165, 1.54) is 6.07 Å². The molecule has 0 aliphatic rings. The first kappa shape index (κ1) is 18.9. The minimum atomic E-state index is -1.02. The van der Waals surface area contributed by atoms with Gasteiger partial charge in [-0.3, -0.25) is 9.98 Å². The Kier molecular flexibility index (Phi) is 6.21. The van der Waals surface area contributed by atoms with Gasteiger partial charge in [-0.05, 0) is 43.3 Å². The second-order valence-electron chi connectivity index (χ2n) is 5.95. The summed E-state index contributed by atoms with van der Waals surface area (Å²) in [5, 5.41) is 9.34. The van der Waals surface area contributed by atoms with Crippen molar-refractivity contribution in [1.82, 2.24) is 0 Å². The summed E-state index contributed by atoms with van der Waals surface area (Å²) in [6.45, 7) is 1.85. The van der Waals surface area contributed by atoms with E-state index in [2.05, 4.69) is 15.0 Å². The molecule has 0 fully saturated rings. The number of hydrogen-bond acceptors (Lipinski definition) is 4. The minimum Gasteiger partial charge on any atom is -0.478 e. The van der Waals surface area contributed by atoms with Crippen LogP contribution >= 0.6 is 0 Å². The van der Waals surface area contributed by atoms with Gasteiger partial charge in [0.05, 0.1) is 34.6 Å². The third kappa shape index (κ3) is 5.08. The van der Waals surface area contributed by atoms with Crippen LogP contribution in [0.4, 0.5) is 17.1 Å². The Labute approximate surface area is 163 Å². The van der Waals surface area contributed by atoms with E-state index in [0.29, 0.717) is 17.1 Å². The van der Waals surface area contributed by atoms with Crippen LogP contribution in [0, 0.1) is 0 Å². The van der Waals surface area contributed by atoms with Crippen molar-refractivity contribution in [2.45, 2.75) is 6.92 Å². The standard InChI is InChI=1S/C23H19N3O2/c1-17(25-18-10-4-2-5-11-18)22(26-19-12-6-3-7-13-19)16-24-21-15-9-8-14-20(21)23(27)28/h2-16H,1H3,(H,27,28). The molecular weight excluding hydrogens is 350 g/mol. The Morgan fingerprint density at radius 1 is 0.786 bits per heavy atom. The summed E-state index contributed by atoms with van der Waals surface area (Å²) in [5.41, 5.74) is 3.29. The molecule has 3 aromatic carbocycles. The third-order valence-corrected chi connectivity index (χ3v) is 3.89. The lowest BCUT2D eigenvalue weighted by molar-refractivity contribution is 0.0698. The van der Waals surface area contributed by atoms with Crippen molar-refractivity contribution in [2.24, 2.45) is 15.0 Å². The molecule has 0 amide bonds. The number of para-hydroxylation sites is 3. The second kappa shape index (κ2) is 9.19. The molecule has 0 aliphatic heterocycles. The Morgan fingerprint density at radius 3 is 1.93 bits per heavy atom. The van der Waals surface area contributed by atoms with Gasteiger partial charge in [-0.2, -0.15) is 0 Å². The zero-order valence-corrected chi connectivity index (χ0v) is 15.4. The molecule has 1 N–H and O–H groups in total. The fraction of sp³-hybridized carbons (Fsp3) is 0.0435. The normalized spacial score (nSPS) is 12.3. The van der Waals surface area contributed by atoms with Gasteiger partial charge in [0.15, 0.2) is 0 Å². The summed E-state index contributed by atoms with van der Waals surface area (Å²) in [6, 6.07) is 25.6. The first-order valence-electron chi connectivity index (χ1n) is 8.74. The summed E-state index contributed by atoms with van der Waals surface area (Å²) in [6.07, 6.45) is 1.55. The van der Waals surface area contributed by atoms with E-state index in [1.807, 2.05) is 67.6 Å². The summed E-state index contributed by atoms with van der Waals surface area (Å²) in [4.78, 5) is 25.0. The number of hydrogen-bond donors (Lipinski definition) is 1. The quantitative estimate of drug-likeness (QED) is 0.570. The summed E-state index contributed by atoms with van der Waals surface area (Å²) >= 11 is 0. The van der Waals surface area contributed by atoms with Crippen molar-refractivity contribution in [3.63, 3.8) is 0 Å². The molecule has 0 atom stereocenters. The SMILES string of the molecule is CC(=Nc1ccccc1)C(C=Nc1ccccc1C(=O)O)=Nc1ccccc1. The van der Waals surface area contributed by atoms with Crippen LogP contribution in [0.2, 0.25) is 0 Å². The Hall–Kier alpha value is -3.86. The zero-order valence-electron chi connectivity index (χ0n) is 15.4. The lowest BCUT2D eigenvalue weighted by atomic mass is 10.2. The Morgan fingerprint density at radius 2 is 1.32 bits per heavy atom. The maximum Gasteiger partial charge on any atom is 0.337 e. The number of carboxylic acid groups (broad SMARTS) is 1. The van der Waals surface area contributed by atoms with Crippen LogP contribution in [-0.4, -0.2) is 28.7 Å². The van der Waals surface area contributed by atoms with Crippen molar-refractivity contribution in [3.05, 3.63) is 90.5 Å². The van der Waals surface area contributed by atoms with Crippen molar-refractivity contribution < 1.29 is 9.90 Å². The highest BCUT2D eigenvalue weighted by Gasteiger charge is 2.08. The van der Waals surface area contributed by atoms with Gasteiger partial charge in [0.1, 0.15) is 5.71 Å². The van der Waals surface area contributed by atoms with Crippen molar-refractivity contribution >= 4 is 40.7 Å². The molecule has 5 heteroatoms. The number of aromatic carboxylic acids is 1. The molecule has 0 aliphatic carbocycles. The smallest absolute Gasteiger partial charge is 0.337 e. The molecule has 5 nitrogen and oxygen atoms in total. The number of benzene rings is 3. The lowest BCUT2D eigenvalue weighted by Gasteiger charge is -2.04. The molecule has 0 heterocycles. The molecule has 0 saturated heterocycles. The topological polar surface area (TPSA) is 74.4 Å². The van der Waals surface area contributed by atoms with E-state index < -0.39 is 5.97 Å². The Bertz CT molecular complexity index is 1040. The molecule has 3 aromatic rings. The van der Waals surface area contributed by atoms with E-state index >= 15 is 0 Å². The lowest BCUT2D eigenvalue weighted by Crippen LogP contribution is -2.11. The number of nitrogens with zero attached hydrogens (tertiary/aromatic N) is 3. The van der Waals surface area contributed by atoms with Crippen LogP contribution in [0.1, 0.15) is 17.3 Å². The van der Waals surface area contributed by atoms with Crippen LogP contribution < -0.4 is 0 Å². The van der Waals surface area contributed by atoms with Gasteiger partial charge in [0.25, 0.3) is 0 Å². The zero-order chi connectivity index (χ0) is 19.8. The van der Waals surface area contributed by atoms with Gasteiger partial charge >= 0.3 is 5.97 Å². The fourth-order valence-electron chi connectivity index (χ4n) is 2.50.